The van der Waals surface area contributed by atoms with Crippen molar-refractivity contribution in [3.63, 3.8) is 0 Å². The molecule has 12 atom stereocenters. The van der Waals surface area contributed by atoms with Crippen LogP contribution in [0.2, 0.25) is 0 Å². The lowest BCUT2D eigenvalue weighted by Crippen LogP contribution is -2.65. The van der Waals surface area contributed by atoms with E-state index < -0.39 is 86.8 Å². The Morgan fingerprint density at radius 2 is 0.681 bits per heavy atom. The van der Waals surface area contributed by atoms with Crippen LogP contribution in [0.15, 0.2) is 36.5 Å². The van der Waals surface area contributed by atoms with Crippen molar-refractivity contribution >= 4 is 5.91 Å². The zero-order valence-corrected chi connectivity index (χ0v) is 60.7. The molecule has 2 heterocycles. The molecule has 14 heteroatoms. The summed E-state index contributed by atoms with van der Waals surface area (Å²) in [5.74, 6) is -0.241. The number of nitrogens with one attached hydrogen (secondary N) is 1. The van der Waals surface area contributed by atoms with Gasteiger partial charge in [-0.2, -0.15) is 0 Å². The Bertz CT molecular complexity index is 1720. The predicted molar refractivity (Wildman–Crippen MR) is 388 cm³/mol. The minimum Gasteiger partial charge on any atom is -0.394 e. The molecule has 2 rings (SSSR count). The van der Waals surface area contributed by atoms with Gasteiger partial charge in [0.25, 0.3) is 0 Å². The second-order valence-corrected chi connectivity index (χ2v) is 28.5. The predicted octanol–water partition coefficient (Wildman–Crippen LogP) is 18.0. The van der Waals surface area contributed by atoms with E-state index in [1.807, 2.05) is 6.08 Å². The Morgan fingerprint density at radius 1 is 0.372 bits per heavy atom. The van der Waals surface area contributed by atoms with Crippen molar-refractivity contribution in [2.45, 2.75) is 447 Å². The monoisotopic (exact) mass is 1330 g/mol. The first kappa shape index (κ1) is 88.3. The van der Waals surface area contributed by atoms with E-state index in [2.05, 4.69) is 43.5 Å². The Kier molecular flexibility index (Phi) is 60.7. The summed E-state index contributed by atoms with van der Waals surface area (Å²) in [5, 5.41) is 87.6. The molecule has 0 saturated carbocycles. The van der Waals surface area contributed by atoms with Crippen molar-refractivity contribution in [1.82, 2.24) is 5.32 Å². The summed E-state index contributed by atoms with van der Waals surface area (Å²) in [7, 11) is 0. The van der Waals surface area contributed by atoms with Gasteiger partial charge < -0.3 is 65.1 Å². The number of hydrogen-bond donors (Lipinski definition) is 9. The fourth-order valence-corrected chi connectivity index (χ4v) is 13.4. The Morgan fingerprint density at radius 3 is 1.04 bits per heavy atom. The molecule has 1 amide bonds. The van der Waals surface area contributed by atoms with Gasteiger partial charge in [0.15, 0.2) is 12.6 Å². The number of amides is 1. The maximum absolute atomic E-state index is 13.4. The summed E-state index contributed by atoms with van der Waals surface area (Å²) in [6.45, 7) is 2.85. The molecular formula is C80H151NO13. The molecule has 0 aromatic carbocycles. The fourth-order valence-electron chi connectivity index (χ4n) is 13.4. The quantitative estimate of drug-likeness (QED) is 0.0204. The first-order valence-corrected chi connectivity index (χ1v) is 40.2. The van der Waals surface area contributed by atoms with E-state index >= 15 is 0 Å². The van der Waals surface area contributed by atoms with E-state index in [-0.39, 0.29) is 18.9 Å². The molecule has 2 aliphatic rings. The molecular weight excluding hydrogens is 1180 g/mol. The normalized spacial score (nSPS) is 22.6. The number of carbonyl (C=O) groups is 1. The number of rotatable bonds is 68. The molecule has 0 radical (unpaired) electrons. The Labute approximate surface area is 576 Å². The first-order valence-electron chi connectivity index (χ1n) is 40.2. The zero-order valence-electron chi connectivity index (χ0n) is 60.7. The molecule has 0 bridgehead atoms. The van der Waals surface area contributed by atoms with Crippen LogP contribution in [0.25, 0.3) is 0 Å². The van der Waals surface area contributed by atoms with E-state index in [1.165, 1.54) is 308 Å². The van der Waals surface area contributed by atoms with E-state index in [9.17, 15) is 45.6 Å². The van der Waals surface area contributed by atoms with E-state index in [0.717, 1.165) is 32.1 Å². The molecule has 554 valence electrons. The average molecular weight is 1340 g/mol. The van der Waals surface area contributed by atoms with E-state index in [0.29, 0.717) is 12.8 Å². The van der Waals surface area contributed by atoms with Gasteiger partial charge in [-0.05, 0) is 57.8 Å². The molecule has 14 nitrogen and oxygen atoms in total. The first-order chi connectivity index (χ1) is 46.1. The SMILES string of the molecule is CCCCCCCCCC/C=C\CCCCCCCCCCCCCCCCCCCCCCCC(=O)NC(COC1OC(CO)C(OC2OC(CO)C(O)C(O)C2O)C(O)C1O)C(O)/C=C/CC/C=C/CCCCCCCCCCCCCCCCCCCCCCC. The number of allylic oxidation sites excluding steroid dienone is 5. The summed E-state index contributed by atoms with van der Waals surface area (Å²) in [5.41, 5.74) is 0. The standard InChI is InChI=1S/C80H151NO13/c1-3-5-7-9-11-13-15-17-19-21-23-25-27-29-31-32-33-34-35-36-38-40-42-44-46-48-50-52-54-56-58-60-62-64-72(85)81-68(67-91-79-77(90)75(88)78(71(66-83)93-79)94-80-76(89)74(87)73(86)70(65-82)92-80)69(84)63-61-59-57-55-53-51-49-47-45-43-41-39-37-30-28-26-24-22-20-18-16-14-12-10-8-6-4-2/h21,23,53,55,61,63,68-71,73-80,82-84,86-90H,3-20,22,24-52,54,56-60,62,64-67H2,1-2H3,(H,81,85)/b23-21-,55-53+,63-61+. The third-order valence-corrected chi connectivity index (χ3v) is 19.8. The van der Waals surface area contributed by atoms with Crippen LogP contribution in [0.5, 0.6) is 0 Å². The van der Waals surface area contributed by atoms with Crippen LogP contribution in [-0.4, -0.2) is 140 Å². The lowest BCUT2D eigenvalue weighted by Gasteiger charge is -2.46. The van der Waals surface area contributed by atoms with Crippen LogP contribution in [-0.2, 0) is 23.7 Å². The molecule has 2 fully saturated rings. The smallest absolute Gasteiger partial charge is 0.220 e. The summed E-state index contributed by atoms with van der Waals surface area (Å²) >= 11 is 0. The van der Waals surface area contributed by atoms with Crippen molar-refractivity contribution in [2.75, 3.05) is 19.8 Å². The van der Waals surface area contributed by atoms with E-state index in [1.54, 1.807) is 6.08 Å². The minimum absolute atomic E-state index is 0.241. The minimum atomic E-state index is -1.79. The molecule has 0 aromatic heterocycles. The highest BCUT2D eigenvalue weighted by atomic mass is 16.7. The highest BCUT2D eigenvalue weighted by Gasteiger charge is 2.51. The van der Waals surface area contributed by atoms with Crippen molar-refractivity contribution in [1.29, 1.82) is 0 Å². The highest BCUT2D eigenvalue weighted by molar-refractivity contribution is 5.76. The maximum atomic E-state index is 13.4. The summed E-state index contributed by atoms with van der Waals surface area (Å²) in [6.07, 6.45) is 68.1. The lowest BCUT2D eigenvalue weighted by molar-refractivity contribution is -0.359. The number of unbranched alkanes of at least 4 members (excludes halogenated alkanes) is 51. The van der Waals surface area contributed by atoms with Crippen molar-refractivity contribution in [2.24, 2.45) is 0 Å². The second-order valence-electron chi connectivity index (χ2n) is 28.5. The molecule has 94 heavy (non-hydrogen) atoms. The van der Waals surface area contributed by atoms with Gasteiger partial charge in [0.1, 0.15) is 48.8 Å². The summed E-state index contributed by atoms with van der Waals surface area (Å²) in [6, 6.07) is -0.932. The number of aliphatic hydroxyl groups is 8. The third kappa shape index (κ3) is 47.3. The molecule has 9 N–H and O–H groups in total. The Balaban J connectivity index is 1.62. The number of hydrogen-bond acceptors (Lipinski definition) is 13. The van der Waals surface area contributed by atoms with Crippen LogP contribution in [0.4, 0.5) is 0 Å². The fraction of sp³-hybridized carbons (Fsp3) is 0.912. The summed E-state index contributed by atoms with van der Waals surface area (Å²) < 4.78 is 22.9. The maximum Gasteiger partial charge on any atom is 0.220 e. The Hall–Kier alpha value is -1.79. The van der Waals surface area contributed by atoms with Gasteiger partial charge in [0.05, 0.1) is 32.0 Å². The average Bonchev–Trinajstić information content (AvgIpc) is 0.794. The van der Waals surface area contributed by atoms with Gasteiger partial charge in [0, 0.05) is 6.42 Å². The molecule has 0 aromatic rings. The molecule has 0 spiro atoms. The third-order valence-electron chi connectivity index (χ3n) is 19.8. The largest absolute Gasteiger partial charge is 0.394 e. The van der Waals surface area contributed by atoms with Crippen molar-refractivity contribution in [3.8, 4) is 0 Å². The van der Waals surface area contributed by atoms with Gasteiger partial charge in [-0.25, -0.2) is 0 Å². The second kappa shape index (κ2) is 64.6. The van der Waals surface area contributed by atoms with Crippen LogP contribution >= 0.6 is 0 Å². The highest BCUT2D eigenvalue weighted by Crippen LogP contribution is 2.30. The van der Waals surface area contributed by atoms with Crippen LogP contribution < -0.4 is 5.32 Å². The van der Waals surface area contributed by atoms with Gasteiger partial charge in [-0.3, -0.25) is 4.79 Å². The molecule has 0 aliphatic carbocycles. The van der Waals surface area contributed by atoms with E-state index in [4.69, 9.17) is 18.9 Å². The van der Waals surface area contributed by atoms with Crippen LogP contribution in [0, 0.1) is 0 Å². The number of carbonyl (C=O) groups excluding carboxylic acids is 1. The van der Waals surface area contributed by atoms with Crippen molar-refractivity contribution in [3.05, 3.63) is 36.5 Å². The van der Waals surface area contributed by atoms with Gasteiger partial charge in [-0.1, -0.05) is 346 Å². The van der Waals surface area contributed by atoms with Gasteiger partial charge >= 0.3 is 0 Å². The molecule has 2 aliphatic heterocycles. The van der Waals surface area contributed by atoms with Crippen LogP contribution in [0.3, 0.4) is 0 Å². The van der Waals surface area contributed by atoms with Gasteiger partial charge in [0.2, 0.25) is 5.91 Å². The molecule has 12 unspecified atom stereocenters. The molecule has 2 saturated heterocycles. The number of ether oxygens (including phenoxy) is 4. The lowest BCUT2D eigenvalue weighted by atomic mass is 9.97. The topological polar surface area (TPSA) is 228 Å². The van der Waals surface area contributed by atoms with Gasteiger partial charge in [-0.15, -0.1) is 0 Å². The number of aliphatic hydroxyl groups excluding tert-OH is 8. The van der Waals surface area contributed by atoms with Crippen molar-refractivity contribution < 1.29 is 64.6 Å². The van der Waals surface area contributed by atoms with Crippen LogP contribution in [0.1, 0.15) is 373 Å². The summed E-state index contributed by atoms with van der Waals surface area (Å²) in [4.78, 5) is 13.4. The zero-order chi connectivity index (χ0) is 68.0.